The molecule has 0 radical (unpaired) electrons. The van der Waals surface area contributed by atoms with Crippen molar-refractivity contribution in [2.75, 3.05) is 39.5 Å². The van der Waals surface area contributed by atoms with Crippen LogP contribution < -0.4 is 15.2 Å². The number of aliphatic hydroxyl groups excluding tert-OH is 1. The molecule has 206 valence electrons. The number of carbonyl (C=O) groups is 2. The van der Waals surface area contributed by atoms with Gasteiger partial charge in [-0.15, -0.1) is 0 Å². The first-order valence-corrected chi connectivity index (χ1v) is 13.5. The maximum atomic E-state index is 13.5. The maximum absolute atomic E-state index is 13.5. The van der Waals surface area contributed by atoms with Crippen LogP contribution in [-0.4, -0.2) is 77.4 Å². The van der Waals surface area contributed by atoms with Gasteiger partial charge in [0.2, 0.25) is 12.7 Å². The van der Waals surface area contributed by atoms with Crippen molar-refractivity contribution in [2.24, 2.45) is 11.7 Å². The summed E-state index contributed by atoms with van der Waals surface area (Å²) in [4.78, 5) is 30.2. The van der Waals surface area contributed by atoms with Crippen molar-refractivity contribution < 1.29 is 29.3 Å². The van der Waals surface area contributed by atoms with E-state index in [9.17, 15) is 19.8 Å². The van der Waals surface area contributed by atoms with E-state index in [1.807, 2.05) is 52.3 Å². The quantitative estimate of drug-likeness (QED) is 0.364. The number of hydrogen-bond acceptors (Lipinski definition) is 7. The van der Waals surface area contributed by atoms with E-state index in [4.69, 9.17) is 15.2 Å². The Morgan fingerprint density at radius 1 is 1.08 bits per heavy atom. The van der Waals surface area contributed by atoms with Crippen LogP contribution in [0.4, 0.5) is 0 Å². The van der Waals surface area contributed by atoms with Crippen LogP contribution in [0.15, 0.2) is 42.5 Å². The number of nitrogens with zero attached hydrogens (tertiary/aromatic N) is 2. The topological polar surface area (TPSA) is 126 Å². The number of hydrogen-bond donors (Lipinski definition) is 3. The third-order valence-electron chi connectivity index (χ3n) is 7.68. The lowest BCUT2D eigenvalue weighted by molar-refractivity contribution is -0.143. The monoisotopic (exact) mass is 525 g/mol. The lowest BCUT2D eigenvalue weighted by Crippen LogP contribution is -2.45. The molecule has 2 aromatic rings. The zero-order valence-corrected chi connectivity index (χ0v) is 22.1. The average Bonchev–Trinajstić information content (AvgIpc) is 3.53. The maximum Gasteiger partial charge on any atom is 0.308 e. The van der Waals surface area contributed by atoms with Gasteiger partial charge in [0, 0.05) is 31.6 Å². The second-order valence-corrected chi connectivity index (χ2v) is 10.1. The summed E-state index contributed by atoms with van der Waals surface area (Å²) in [5.41, 5.74) is 8.23. The zero-order valence-electron chi connectivity index (χ0n) is 22.1. The molecule has 38 heavy (non-hydrogen) atoms. The number of fused-ring (bicyclic) bond motifs is 1. The van der Waals surface area contributed by atoms with Gasteiger partial charge in [-0.2, -0.15) is 0 Å². The third kappa shape index (κ3) is 6.28. The molecule has 1 amide bonds. The minimum absolute atomic E-state index is 0.0113. The highest BCUT2D eigenvalue weighted by Gasteiger charge is 2.47. The first kappa shape index (κ1) is 27.9. The van der Waals surface area contributed by atoms with Crippen molar-refractivity contribution in [3.05, 3.63) is 59.2 Å². The molecule has 9 nitrogen and oxygen atoms in total. The first-order chi connectivity index (χ1) is 18.5. The highest BCUT2D eigenvalue weighted by molar-refractivity contribution is 5.79. The second kappa shape index (κ2) is 13.1. The molecule has 4 rings (SSSR count). The Labute approximate surface area is 224 Å². The summed E-state index contributed by atoms with van der Waals surface area (Å²) >= 11 is 0. The van der Waals surface area contributed by atoms with Gasteiger partial charge in [-0.3, -0.25) is 14.5 Å². The molecule has 2 aliphatic rings. The summed E-state index contributed by atoms with van der Waals surface area (Å²) in [6.07, 6.45) is 3.02. The number of rotatable bonds is 13. The number of amides is 1. The molecule has 0 aromatic heterocycles. The zero-order chi connectivity index (χ0) is 27.1. The number of likely N-dealkylation sites (tertiary alicyclic amines) is 1. The van der Waals surface area contributed by atoms with Crippen LogP contribution in [0, 0.1) is 5.92 Å². The van der Waals surface area contributed by atoms with Crippen LogP contribution >= 0.6 is 0 Å². The molecule has 1 fully saturated rings. The van der Waals surface area contributed by atoms with Gasteiger partial charge >= 0.3 is 5.97 Å². The van der Waals surface area contributed by atoms with E-state index in [1.54, 1.807) is 0 Å². The van der Waals surface area contributed by atoms with Crippen LogP contribution in [-0.2, 0) is 22.6 Å². The average molecular weight is 526 g/mol. The van der Waals surface area contributed by atoms with Gasteiger partial charge in [-0.05, 0) is 54.6 Å². The van der Waals surface area contributed by atoms with Crippen molar-refractivity contribution in [3.8, 4) is 11.5 Å². The summed E-state index contributed by atoms with van der Waals surface area (Å²) < 4.78 is 11.0. The molecule has 2 heterocycles. The van der Waals surface area contributed by atoms with Crippen LogP contribution in [0.5, 0.6) is 11.5 Å². The number of aliphatic hydroxyl groups is 1. The molecule has 9 heteroatoms. The molecule has 2 aliphatic heterocycles. The van der Waals surface area contributed by atoms with E-state index in [2.05, 4.69) is 6.92 Å². The Hall–Kier alpha value is -3.14. The van der Waals surface area contributed by atoms with Crippen LogP contribution in [0.1, 0.15) is 48.8 Å². The molecule has 0 spiro atoms. The van der Waals surface area contributed by atoms with Gasteiger partial charge in [0.15, 0.2) is 11.5 Å². The van der Waals surface area contributed by atoms with E-state index < -0.39 is 17.9 Å². The van der Waals surface area contributed by atoms with Gasteiger partial charge in [0.1, 0.15) is 0 Å². The first-order valence-electron chi connectivity index (χ1n) is 13.5. The molecule has 0 aliphatic carbocycles. The van der Waals surface area contributed by atoms with Gasteiger partial charge in [-0.1, -0.05) is 43.7 Å². The van der Waals surface area contributed by atoms with Crippen molar-refractivity contribution in [1.82, 2.24) is 9.80 Å². The molecule has 1 saturated heterocycles. The number of benzene rings is 2. The van der Waals surface area contributed by atoms with E-state index in [0.29, 0.717) is 44.1 Å². The molecule has 0 unspecified atom stereocenters. The lowest BCUT2D eigenvalue weighted by Gasteiger charge is -2.30. The van der Waals surface area contributed by atoms with Crippen molar-refractivity contribution in [3.63, 3.8) is 0 Å². The molecule has 0 saturated carbocycles. The summed E-state index contributed by atoms with van der Waals surface area (Å²) in [6, 6.07) is 12.7. The van der Waals surface area contributed by atoms with Crippen LogP contribution in [0.3, 0.4) is 0 Å². The number of carboxylic acid groups (broad SMARTS) is 1. The molecule has 0 bridgehead atoms. The SMILES string of the molecule is CCCCN(CCCN)C(=O)CN1C[C@H](c2ccc3c(c2)OCO3)[C@@H](C(=O)O)[C@@H]1Cc1ccccc1CO. The number of aliphatic carboxylic acids is 1. The Morgan fingerprint density at radius 2 is 1.82 bits per heavy atom. The predicted octanol–water partition coefficient (Wildman–Crippen LogP) is 2.60. The molecule has 4 N–H and O–H groups in total. The smallest absolute Gasteiger partial charge is 0.308 e. The van der Waals surface area contributed by atoms with Gasteiger partial charge < -0.3 is 30.3 Å². The normalized spacial score (nSPS) is 20.6. The number of carboxylic acids is 1. The van der Waals surface area contributed by atoms with Gasteiger partial charge in [0.05, 0.1) is 19.1 Å². The number of carbonyl (C=O) groups excluding carboxylic acids is 1. The summed E-state index contributed by atoms with van der Waals surface area (Å²) in [6.45, 7) is 4.42. The van der Waals surface area contributed by atoms with Gasteiger partial charge in [0.25, 0.3) is 0 Å². The minimum atomic E-state index is -0.903. The third-order valence-corrected chi connectivity index (χ3v) is 7.68. The van der Waals surface area contributed by atoms with E-state index in [0.717, 1.165) is 36.0 Å². The highest BCUT2D eigenvalue weighted by atomic mass is 16.7. The summed E-state index contributed by atoms with van der Waals surface area (Å²) in [7, 11) is 0. The van der Waals surface area contributed by atoms with E-state index in [-0.39, 0.29) is 31.8 Å². The minimum Gasteiger partial charge on any atom is -0.481 e. The number of nitrogens with two attached hydrogens (primary N) is 1. The van der Waals surface area contributed by atoms with Crippen LogP contribution in [0.2, 0.25) is 0 Å². The second-order valence-electron chi connectivity index (χ2n) is 10.1. The fraction of sp³-hybridized carbons (Fsp3) is 0.517. The van der Waals surface area contributed by atoms with Crippen molar-refractivity contribution in [1.29, 1.82) is 0 Å². The fourth-order valence-corrected chi connectivity index (χ4v) is 5.63. The number of unbranched alkanes of at least 4 members (excludes halogenated alkanes) is 1. The lowest BCUT2D eigenvalue weighted by atomic mass is 9.82. The Balaban J connectivity index is 1.66. The van der Waals surface area contributed by atoms with E-state index >= 15 is 0 Å². The summed E-state index contributed by atoms with van der Waals surface area (Å²) in [5.74, 6) is -0.749. The van der Waals surface area contributed by atoms with Crippen molar-refractivity contribution >= 4 is 11.9 Å². The standard InChI is InChI=1S/C29H39N3O6/c1-2-3-12-31(13-6-11-30)27(34)17-32-16-23(21-9-10-25-26(15-21)38-19-37-25)28(29(35)36)24(32)14-20-7-4-5-8-22(20)18-33/h4-5,7-10,15,23-24,28,33H,2-3,6,11-14,16-19,30H2,1H3,(H,35,36)/t23-,24+,28-/m1/s1. The molecular weight excluding hydrogens is 486 g/mol. The van der Waals surface area contributed by atoms with Crippen LogP contribution in [0.25, 0.3) is 0 Å². The Bertz CT molecular complexity index is 1100. The van der Waals surface area contributed by atoms with Gasteiger partial charge in [-0.25, -0.2) is 0 Å². The molecule has 3 atom stereocenters. The Kier molecular flexibility index (Phi) is 9.60. The largest absolute Gasteiger partial charge is 0.481 e. The Morgan fingerprint density at radius 3 is 2.53 bits per heavy atom. The highest BCUT2D eigenvalue weighted by Crippen LogP contribution is 2.43. The van der Waals surface area contributed by atoms with Crippen molar-refractivity contribution in [2.45, 2.75) is 51.2 Å². The fourth-order valence-electron chi connectivity index (χ4n) is 5.63. The van der Waals surface area contributed by atoms with E-state index in [1.165, 1.54) is 0 Å². The molecule has 2 aromatic carbocycles. The summed E-state index contributed by atoms with van der Waals surface area (Å²) in [5, 5.41) is 20.4. The predicted molar refractivity (Wildman–Crippen MR) is 143 cm³/mol. The molecular formula is C29H39N3O6. The number of ether oxygens (including phenoxy) is 2.